The van der Waals surface area contributed by atoms with Crippen LogP contribution in [0.25, 0.3) is 5.41 Å². The molecule has 0 unspecified atom stereocenters. The molecule has 1 aliphatic heterocycles. The molecule has 7 nitrogen and oxygen atoms in total. The Hall–Kier alpha value is -2.81. The van der Waals surface area contributed by atoms with Crippen LogP contribution in [0.15, 0.2) is 30.0 Å². The first kappa shape index (κ1) is 19.5. The molecule has 0 spiro atoms. The molecule has 9 heteroatoms. The Morgan fingerprint density at radius 2 is 2.00 bits per heavy atom. The van der Waals surface area contributed by atoms with Gasteiger partial charge in [0.25, 0.3) is 5.91 Å². The number of benzene rings is 1. The molecule has 0 saturated carbocycles. The van der Waals surface area contributed by atoms with Gasteiger partial charge in [-0.2, -0.15) is 5.71 Å². The molecule has 0 aromatic heterocycles. The van der Waals surface area contributed by atoms with Crippen LogP contribution in [0.4, 0.5) is 8.78 Å². The van der Waals surface area contributed by atoms with E-state index in [4.69, 9.17) is 4.74 Å². The molecule has 0 saturated heterocycles. The number of aliphatic hydroxyl groups is 1. The SMILES string of the molecule is COC(=O)C1=C[C@@H](NC(=O)[C@](C)(O)CC(=[N-])c2cc(F)cc(F)c2)CO1. The van der Waals surface area contributed by atoms with Crippen molar-refractivity contribution in [1.82, 2.24) is 5.32 Å². The topological polar surface area (TPSA) is 107 Å². The van der Waals surface area contributed by atoms with E-state index in [1.807, 2.05) is 0 Å². The Balaban J connectivity index is 2.02. The van der Waals surface area contributed by atoms with Gasteiger partial charge >= 0.3 is 5.97 Å². The van der Waals surface area contributed by atoms with E-state index in [2.05, 4.69) is 10.1 Å². The van der Waals surface area contributed by atoms with Gasteiger partial charge in [-0.3, -0.25) is 4.79 Å². The summed E-state index contributed by atoms with van der Waals surface area (Å²) in [5.41, 5.74) is -2.82. The minimum Gasteiger partial charge on any atom is -0.807 e. The van der Waals surface area contributed by atoms with E-state index >= 15 is 0 Å². The van der Waals surface area contributed by atoms with E-state index < -0.39 is 47.3 Å². The highest BCUT2D eigenvalue weighted by molar-refractivity contribution is 6.06. The minimum absolute atomic E-state index is 0.0307. The van der Waals surface area contributed by atoms with Crippen molar-refractivity contribution in [1.29, 1.82) is 0 Å². The van der Waals surface area contributed by atoms with Crippen LogP contribution in [-0.2, 0) is 19.1 Å². The number of ether oxygens (including phenoxy) is 2. The Kier molecular flexibility index (Phi) is 5.71. The molecular formula is C17H17F2N2O5-. The number of nitrogens with one attached hydrogen (secondary N) is 1. The highest BCUT2D eigenvalue weighted by Gasteiger charge is 2.33. The predicted molar refractivity (Wildman–Crippen MR) is 87.0 cm³/mol. The summed E-state index contributed by atoms with van der Waals surface area (Å²) in [4.78, 5) is 23.6. The number of nitrogens with zero attached hydrogens (tertiary/aromatic N) is 1. The quantitative estimate of drug-likeness (QED) is 0.577. The zero-order valence-corrected chi connectivity index (χ0v) is 14.1. The number of hydrogen-bond donors (Lipinski definition) is 2. The van der Waals surface area contributed by atoms with Gasteiger partial charge in [-0.1, -0.05) is 0 Å². The lowest BCUT2D eigenvalue weighted by Gasteiger charge is -2.27. The maximum Gasteiger partial charge on any atom is 0.373 e. The molecule has 140 valence electrons. The molecule has 1 amide bonds. The largest absolute Gasteiger partial charge is 0.807 e. The molecule has 2 N–H and O–H groups in total. The first-order valence-corrected chi connectivity index (χ1v) is 7.60. The third-order valence-corrected chi connectivity index (χ3v) is 3.67. The van der Waals surface area contributed by atoms with E-state index in [-0.39, 0.29) is 17.9 Å². The van der Waals surface area contributed by atoms with Crippen molar-refractivity contribution >= 4 is 17.6 Å². The van der Waals surface area contributed by atoms with Gasteiger partial charge in [0.15, 0.2) is 0 Å². The van der Waals surface area contributed by atoms with Crippen molar-refractivity contribution < 1.29 is 33.0 Å². The number of esters is 1. The summed E-state index contributed by atoms with van der Waals surface area (Å²) in [5.74, 6) is -3.44. The summed E-state index contributed by atoms with van der Waals surface area (Å²) in [6.45, 7) is 1.10. The van der Waals surface area contributed by atoms with Crippen LogP contribution in [0.2, 0.25) is 0 Å². The molecule has 1 aromatic rings. The van der Waals surface area contributed by atoms with Crippen molar-refractivity contribution in [2.45, 2.75) is 25.0 Å². The molecule has 0 bridgehead atoms. The fourth-order valence-electron chi connectivity index (χ4n) is 2.32. The average molecular weight is 367 g/mol. The van der Waals surface area contributed by atoms with Crippen LogP contribution in [-0.4, -0.2) is 48.1 Å². The third kappa shape index (κ3) is 4.63. The maximum atomic E-state index is 13.2. The molecule has 1 aromatic carbocycles. The van der Waals surface area contributed by atoms with Gasteiger partial charge in [0, 0.05) is 6.07 Å². The van der Waals surface area contributed by atoms with Crippen LogP contribution < -0.4 is 5.32 Å². The van der Waals surface area contributed by atoms with Crippen LogP contribution in [0.5, 0.6) is 0 Å². The number of rotatable bonds is 6. The van der Waals surface area contributed by atoms with Crippen molar-refractivity contribution in [3.63, 3.8) is 0 Å². The van der Waals surface area contributed by atoms with E-state index in [0.29, 0.717) is 6.07 Å². The van der Waals surface area contributed by atoms with Crippen molar-refractivity contribution in [3.8, 4) is 0 Å². The second kappa shape index (κ2) is 7.61. The van der Waals surface area contributed by atoms with Crippen molar-refractivity contribution in [2.24, 2.45) is 0 Å². The van der Waals surface area contributed by atoms with Gasteiger partial charge in [-0.25, -0.2) is 13.6 Å². The first-order chi connectivity index (χ1) is 12.1. The Morgan fingerprint density at radius 3 is 2.58 bits per heavy atom. The Morgan fingerprint density at radius 1 is 1.38 bits per heavy atom. The molecule has 2 rings (SSSR count). The number of amides is 1. The normalized spacial score (nSPS) is 18.3. The number of carbonyl (C=O) groups excluding carboxylic acids is 2. The van der Waals surface area contributed by atoms with E-state index in [0.717, 1.165) is 19.1 Å². The average Bonchev–Trinajstić information content (AvgIpc) is 3.01. The van der Waals surface area contributed by atoms with Gasteiger partial charge in [-0.05, 0) is 37.1 Å². The van der Waals surface area contributed by atoms with Crippen LogP contribution in [0.1, 0.15) is 18.9 Å². The van der Waals surface area contributed by atoms with E-state index in [9.17, 15) is 28.9 Å². The smallest absolute Gasteiger partial charge is 0.373 e. The molecule has 2 atom stereocenters. The molecule has 0 fully saturated rings. The summed E-state index contributed by atoms with van der Waals surface area (Å²) in [5, 5.41) is 22.7. The maximum absolute atomic E-state index is 13.2. The second-order valence-corrected chi connectivity index (χ2v) is 5.97. The lowest BCUT2D eigenvalue weighted by molar-refractivity contribution is -0.139. The summed E-state index contributed by atoms with van der Waals surface area (Å²) in [7, 11) is 1.18. The number of carbonyl (C=O) groups is 2. The second-order valence-electron chi connectivity index (χ2n) is 5.97. The summed E-state index contributed by atoms with van der Waals surface area (Å²) in [6.07, 6.45) is 0.744. The molecule has 0 aliphatic carbocycles. The van der Waals surface area contributed by atoms with E-state index in [1.165, 1.54) is 13.2 Å². The summed E-state index contributed by atoms with van der Waals surface area (Å²) >= 11 is 0. The molecule has 1 aliphatic rings. The summed E-state index contributed by atoms with van der Waals surface area (Å²) < 4.78 is 36.0. The van der Waals surface area contributed by atoms with Gasteiger partial charge in [0.1, 0.15) is 23.8 Å². The van der Waals surface area contributed by atoms with Gasteiger partial charge in [0.2, 0.25) is 5.76 Å². The van der Waals surface area contributed by atoms with Crippen LogP contribution in [0, 0.1) is 11.6 Å². The Labute approximate surface area is 148 Å². The minimum atomic E-state index is -2.07. The molecule has 26 heavy (non-hydrogen) atoms. The standard InChI is InChI=1S/C17H17F2N2O5/c1-17(24,7-13(20)9-3-10(18)5-11(19)4-9)16(23)21-12-6-14(26-8-12)15(22)25-2/h3-6,12,24H,7-8H2,1-2H3,(H,21,23)/q-1/t12-,17-/m1/s1. The molecule has 1 heterocycles. The fourth-order valence-corrected chi connectivity index (χ4v) is 2.32. The number of halogens is 2. The lowest BCUT2D eigenvalue weighted by atomic mass is 9.94. The first-order valence-electron chi connectivity index (χ1n) is 7.60. The van der Waals surface area contributed by atoms with Gasteiger partial charge in [0.05, 0.1) is 13.2 Å². The highest BCUT2D eigenvalue weighted by atomic mass is 19.1. The van der Waals surface area contributed by atoms with E-state index in [1.54, 1.807) is 0 Å². The van der Waals surface area contributed by atoms with Gasteiger partial charge in [-0.15, -0.1) is 0 Å². The fraction of sp³-hybridized carbons (Fsp3) is 0.353. The summed E-state index contributed by atoms with van der Waals surface area (Å²) in [6, 6.07) is 1.70. The Bertz CT molecular complexity index is 756. The monoisotopic (exact) mass is 367 g/mol. The van der Waals surface area contributed by atoms with Crippen LogP contribution >= 0.6 is 0 Å². The molecule has 0 radical (unpaired) electrons. The number of methoxy groups -OCH3 is 1. The number of hydrogen-bond acceptors (Lipinski definition) is 5. The zero-order valence-electron chi connectivity index (χ0n) is 14.1. The zero-order chi connectivity index (χ0) is 19.5. The lowest BCUT2D eigenvalue weighted by Crippen LogP contribution is -2.49. The van der Waals surface area contributed by atoms with Crippen molar-refractivity contribution in [3.05, 3.63) is 52.6 Å². The molecular weight excluding hydrogens is 350 g/mol. The third-order valence-electron chi connectivity index (χ3n) is 3.67. The van der Waals surface area contributed by atoms with Gasteiger partial charge < -0.3 is 25.3 Å². The van der Waals surface area contributed by atoms with Crippen molar-refractivity contribution in [2.75, 3.05) is 13.7 Å². The predicted octanol–water partition coefficient (Wildman–Crippen LogP) is 1.04. The van der Waals surface area contributed by atoms with Crippen LogP contribution in [0.3, 0.4) is 0 Å². The highest BCUT2D eigenvalue weighted by Crippen LogP contribution is 2.18.